The third-order valence-electron chi connectivity index (χ3n) is 9.09. The van der Waals surface area contributed by atoms with Crippen molar-refractivity contribution >= 4 is 48.8 Å². The molecule has 0 heterocycles. The third-order valence-corrected chi connectivity index (χ3v) is 9.09. The molecule has 0 saturated carbocycles. The fraction of sp³-hybridized carbons (Fsp3) is 0.0698. The standard InChI is InChI=1S/C43H33N/c1-2-42(30-19-21-31(22-20-30)43-37-15-7-4-11-32(37)27-33-12-5-8-16-38(33)43)44-35-25-23-29(24-26-35)41-28-34-13-3-6-14-36(34)39-17-9-10-18-40(39)41/h3-28,42,44H,2H2,1H3. The maximum absolute atomic E-state index is 3.81. The minimum absolute atomic E-state index is 0.223. The fourth-order valence-corrected chi connectivity index (χ4v) is 6.87. The molecule has 0 spiro atoms. The Kier molecular flexibility index (Phi) is 6.57. The van der Waals surface area contributed by atoms with Gasteiger partial charge in [-0.3, -0.25) is 0 Å². The van der Waals surface area contributed by atoms with Gasteiger partial charge in [0.05, 0.1) is 6.04 Å². The lowest BCUT2D eigenvalue weighted by Gasteiger charge is -2.20. The molecule has 0 aliphatic rings. The highest BCUT2D eigenvalue weighted by Gasteiger charge is 2.14. The molecule has 0 amide bonds. The van der Waals surface area contributed by atoms with Gasteiger partial charge in [-0.25, -0.2) is 0 Å². The van der Waals surface area contributed by atoms with Crippen molar-refractivity contribution in [2.45, 2.75) is 19.4 Å². The van der Waals surface area contributed by atoms with Crippen molar-refractivity contribution in [1.82, 2.24) is 0 Å². The van der Waals surface area contributed by atoms with Gasteiger partial charge in [-0.05, 0) is 102 Å². The summed E-state index contributed by atoms with van der Waals surface area (Å²) in [4.78, 5) is 0. The zero-order valence-electron chi connectivity index (χ0n) is 24.8. The van der Waals surface area contributed by atoms with Crippen molar-refractivity contribution in [2.24, 2.45) is 0 Å². The minimum Gasteiger partial charge on any atom is -0.378 e. The molecule has 210 valence electrons. The van der Waals surface area contributed by atoms with Crippen LogP contribution in [0.5, 0.6) is 0 Å². The van der Waals surface area contributed by atoms with Crippen molar-refractivity contribution < 1.29 is 0 Å². The molecule has 0 aliphatic heterocycles. The van der Waals surface area contributed by atoms with Crippen LogP contribution in [-0.2, 0) is 0 Å². The lowest BCUT2D eigenvalue weighted by atomic mass is 9.91. The second-order valence-corrected chi connectivity index (χ2v) is 11.7. The Hall–Kier alpha value is -5.40. The first-order valence-electron chi connectivity index (χ1n) is 15.5. The molecule has 0 aliphatic carbocycles. The Labute approximate surface area is 258 Å². The number of rotatable bonds is 6. The number of fused-ring (bicyclic) bond motifs is 5. The van der Waals surface area contributed by atoms with Gasteiger partial charge < -0.3 is 5.32 Å². The molecule has 0 radical (unpaired) electrons. The van der Waals surface area contributed by atoms with Gasteiger partial charge in [-0.15, -0.1) is 0 Å². The van der Waals surface area contributed by atoms with E-state index >= 15 is 0 Å². The SMILES string of the molecule is CCC(Nc1ccc(-c2cc3ccccc3c3ccccc23)cc1)c1ccc(-c2c3ccccc3cc3ccccc23)cc1. The Morgan fingerprint density at radius 3 is 1.57 bits per heavy atom. The summed E-state index contributed by atoms with van der Waals surface area (Å²) in [6.45, 7) is 2.25. The van der Waals surface area contributed by atoms with Crippen LogP contribution in [0.4, 0.5) is 5.69 Å². The third kappa shape index (κ3) is 4.58. The summed E-state index contributed by atoms with van der Waals surface area (Å²) in [6, 6.07) is 57.8. The van der Waals surface area contributed by atoms with Crippen LogP contribution in [0, 0.1) is 0 Å². The quantitative estimate of drug-likeness (QED) is 0.157. The van der Waals surface area contributed by atoms with Crippen molar-refractivity contribution in [2.75, 3.05) is 5.32 Å². The molecule has 1 heteroatoms. The van der Waals surface area contributed by atoms with Crippen LogP contribution in [0.2, 0.25) is 0 Å². The number of benzene rings is 8. The van der Waals surface area contributed by atoms with Crippen LogP contribution < -0.4 is 5.32 Å². The lowest BCUT2D eigenvalue weighted by molar-refractivity contribution is 0.749. The first kappa shape index (κ1) is 26.2. The zero-order chi connectivity index (χ0) is 29.5. The Bertz CT molecular complexity index is 2220. The highest BCUT2D eigenvalue weighted by molar-refractivity contribution is 6.14. The average Bonchev–Trinajstić information content (AvgIpc) is 3.09. The second kappa shape index (κ2) is 11.0. The molecule has 1 atom stereocenters. The average molecular weight is 564 g/mol. The topological polar surface area (TPSA) is 12.0 Å². The fourth-order valence-electron chi connectivity index (χ4n) is 6.87. The van der Waals surface area contributed by atoms with Gasteiger partial charge in [0.25, 0.3) is 0 Å². The predicted molar refractivity (Wildman–Crippen MR) is 190 cm³/mol. The molecule has 44 heavy (non-hydrogen) atoms. The Morgan fingerprint density at radius 2 is 0.955 bits per heavy atom. The molecule has 0 aromatic heterocycles. The monoisotopic (exact) mass is 563 g/mol. The van der Waals surface area contributed by atoms with E-state index in [-0.39, 0.29) is 6.04 Å². The molecular formula is C43H33N. The summed E-state index contributed by atoms with van der Waals surface area (Å²) in [5, 5.41) is 14.1. The van der Waals surface area contributed by atoms with Gasteiger partial charge in [-0.1, -0.05) is 140 Å². The molecule has 8 aromatic rings. The van der Waals surface area contributed by atoms with Crippen LogP contribution in [0.15, 0.2) is 158 Å². The summed E-state index contributed by atoms with van der Waals surface area (Å²) in [5.41, 5.74) is 7.50. The van der Waals surface area contributed by atoms with Crippen molar-refractivity contribution in [3.05, 3.63) is 163 Å². The van der Waals surface area contributed by atoms with E-state index in [1.54, 1.807) is 0 Å². The molecular weight excluding hydrogens is 530 g/mol. The van der Waals surface area contributed by atoms with Gasteiger partial charge in [0.15, 0.2) is 0 Å². The summed E-state index contributed by atoms with van der Waals surface area (Å²) >= 11 is 0. The van der Waals surface area contributed by atoms with E-state index < -0.39 is 0 Å². The summed E-state index contributed by atoms with van der Waals surface area (Å²) in [5.74, 6) is 0. The van der Waals surface area contributed by atoms with E-state index in [9.17, 15) is 0 Å². The first-order chi connectivity index (χ1) is 21.8. The molecule has 0 bridgehead atoms. The number of hydrogen-bond donors (Lipinski definition) is 1. The van der Waals surface area contributed by atoms with Crippen LogP contribution in [0.3, 0.4) is 0 Å². The van der Waals surface area contributed by atoms with Gasteiger partial charge in [0.1, 0.15) is 0 Å². The van der Waals surface area contributed by atoms with Gasteiger partial charge in [-0.2, -0.15) is 0 Å². The van der Waals surface area contributed by atoms with Crippen LogP contribution in [-0.4, -0.2) is 0 Å². The smallest absolute Gasteiger partial charge is 0.0511 e. The lowest BCUT2D eigenvalue weighted by Crippen LogP contribution is -2.09. The van der Waals surface area contributed by atoms with Crippen molar-refractivity contribution in [3.8, 4) is 22.3 Å². The molecule has 0 saturated heterocycles. The van der Waals surface area contributed by atoms with E-state index in [0.717, 1.165) is 12.1 Å². The number of nitrogens with one attached hydrogen (secondary N) is 1. The van der Waals surface area contributed by atoms with Crippen LogP contribution in [0.25, 0.3) is 65.3 Å². The molecule has 1 N–H and O–H groups in total. The largest absolute Gasteiger partial charge is 0.378 e. The van der Waals surface area contributed by atoms with Gasteiger partial charge >= 0.3 is 0 Å². The van der Waals surface area contributed by atoms with Crippen LogP contribution >= 0.6 is 0 Å². The summed E-state index contributed by atoms with van der Waals surface area (Å²) < 4.78 is 0. The normalized spacial score (nSPS) is 12.2. The highest BCUT2D eigenvalue weighted by atomic mass is 14.9. The van der Waals surface area contributed by atoms with E-state index in [4.69, 9.17) is 0 Å². The number of hydrogen-bond acceptors (Lipinski definition) is 1. The second-order valence-electron chi connectivity index (χ2n) is 11.7. The van der Waals surface area contributed by atoms with Gasteiger partial charge in [0.2, 0.25) is 0 Å². The number of anilines is 1. The van der Waals surface area contributed by atoms with Gasteiger partial charge in [0, 0.05) is 5.69 Å². The molecule has 8 rings (SSSR count). The zero-order valence-corrected chi connectivity index (χ0v) is 24.8. The minimum atomic E-state index is 0.223. The van der Waals surface area contributed by atoms with E-state index in [1.165, 1.54) is 70.9 Å². The van der Waals surface area contributed by atoms with Crippen molar-refractivity contribution in [1.29, 1.82) is 0 Å². The van der Waals surface area contributed by atoms with E-state index in [2.05, 4.69) is 170 Å². The van der Waals surface area contributed by atoms with E-state index in [1.807, 2.05) is 0 Å². The molecule has 0 fully saturated rings. The maximum atomic E-state index is 3.81. The highest BCUT2D eigenvalue weighted by Crippen LogP contribution is 2.38. The van der Waals surface area contributed by atoms with Crippen molar-refractivity contribution in [3.63, 3.8) is 0 Å². The first-order valence-corrected chi connectivity index (χ1v) is 15.5. The van der Waals surface area contributed by atoms with Crippen LogP contribution in [0.1, 0.15) is 24.9 Å². The molecule has 1 nitrogen and oxygen atoms in total. The van der Waals surface area contributed by atoms with E-state index in [0.29, 0.717) is 0 Å². The Morgan fingerprint density at radius 1 is 0.455 bits per heavy atom. The molecule has 1 unspecified atom stereocenters. The summed E-state index contributed by atoms with van der Waals surface area (Å²) in [6.07, 6.45) is 0.994. The predicted octanol–water partition coefficient (Wildman–Crippen LogP) is 12.2. The summed E-state index contributed by atoms with van der Waals surface area (Å²) in [7, 11) is 0. The molecule has 8 aromatic carbocycles. The maximum Gasteiger partial charge on any atom is 0.0511 e. The Balaban J connectivity index is 1.10.